The minimum absolute atomic E-state index is 0.0591. The van der Waals surface area contributed by atoms with Crippen molar-refractivity contribution in [3.63, 3.8) is 0 Å². The third-order valence-corrected chi connectivity index (χ3v) is 17.4. The summed E-state index contributed by atoms with van der Waals surface area (Å²) >= 11 is 0. The van der Waals surface area contributed by atoms with Crippen molar-refractivity contribution < 1.29 is 33.1 Å². The lowest BCUT2D eigenvalue weighted by atomic mass is 9.73. The summed E-state index contributed by atoms with van der Waals surface area (Å²) in [5, 5.41) is 5.56. The maximum Gasteiger partial charge on any atom is 0.328 e. The number of rotatable bonds is 11. The largest absolute Gasteiger partial charge is 0.474 e. The van der Waals surface area contributed by atoms with E-state index < -0.39 is 17.3 Å². The summed E-state index contributed by atoms with van der Waals surface area (Å²) in [5.74, 6) is -0.00872. The van der Waals surface area contributed by atoms with Crippen LogP contribution in [0.4, 0.5) is 32.1 Å². The van der Waals surface area contributed by atoms with E-state index in [9.17, 15) is 19.2 Å². The van der Waals surface area contributed by atoms with Crippen molar-refractivity contribution in [2.45, 2.75) is 127 Å². The summed E-state index contributed by atoms with van der Waals surface area (Å²) in [6.07, 6.45) is 16.2. The molecule has 6 amide bonds. The first-order valence-corrected chi connectivity index (χ1v) is 27.2. The van der Waals surface area contributed by atoms with Gasteiger partial charge >= 0.3 is 6.03 Å². The molecule has 0 radical (unpaired) electrons. The van der Waals surface area contributed by atoms with Gasteiger partial charge in [0.15, 0.2) is 11.6 Å². The maximum absolute atomic E-state index is 15.3. The van der Waals surface area contributed by atoms with Gasteiger partial charge < -0.3 is 34.2 Å². The normalized spacial score (nSPS) is 25.0. The first-order chi connectivity index (χ1) is 36.4. The molecule has 392 valence electrons. The minimum atomic E-state index is -0.770. The fraction of sp³-hybridized carbons (Fsp3) is 0.518. The first-order valence-electron chi connectivity index (χ1n) is 27.2. The Morgan fingerprint density at radius 2 is 1.61 bits per heavy atom. The number of nitrogens with one attached hydrogen (secondary N) is 2. The molecule has 7 aliphatic rings. The number of ether oxygens (including phenoxy) is 1. The molecule has 18 nitrogen and oxygen atoms in total. The van der Waals surface area contributed by atoms with E-state index in [1.165, 1.54) is 36.6 Å². The lowest BCUT2D eigenvalue weighted by molar-refractivity contribution is -0.140. The molecule has 5 aliphatic heterocycles. The van der Waals surface area contributed by atoms with Gasteiger partial charge in [0.2, 0.25) is 29.5 Å². The minimum Gasteiger partial charge on any atom is -0.474 e. The Hall–Kier alpha value is -7.02. The number of imide groups is 1. The monoisotopic (exact) mass is 1020 g/mol. The van der Waals surface area contributed by atoms with Crippen molar-refractivity contribution in [3.05, 3.63) is 78.8 Å². The molecule has 12 rings (SSSR count). The number of piperidine rings is 2. The van der Waals surface area contributed by atoms with Crippen LogP contribution in [-0.4, -0.2) is 133 Å². The van der Waals surface area contributed by atoms with E-state index in [0.717, 1.165) is 48.3 Å². The number of hydrogen-bond donors (Lipinski definition) is 2. The van der Waals surface area contributed by atoms with Crippen LogP contribution in [0.3, 0.4) is 0 Å². The van der Waals surface area contributed by atoms with Gasteiger partial charge in [-0.3, -0.25) is 34.4 Å². The molecule has 5 aromatic rings. The number of anilines is 4. The van der Waals surface area contributed by atoms with E-state index in [1.54, 1.807) is 30.7 Å². The predicted molar refractivity (Wildman–Crippen MR) is 279 cm³/mol. The van der Waals surface area contributed by atoms with Gasteiger partial charge in [0, 0.05) is 86.7 Å². The van der Waals surface area contributed by atoms with Crippen molar-refractivity contribution in [1.82, 2.24) is 44.5 Å². The van der Waals surface area contributed by atoms with Crippen molar-refractivity contribution >= 4 is 63.6 Å². The van der Waals surface area contributed by atoms with Crippen molar-refractivity contribution in [2.24, 2.45) is 11.8 Å². The molecule has 2 saturated carbocycles. The van der Waals surface area contributed by atoms with Gasteiger partial charge in [0.05, 0.1) is 52.6 Å². The second-order valence-electron chi connectivity index (χ2n) is 22.1. The number of halogens is 1. The zero-order valence-electron chi connectivity index (χ0n) is 42.8. The van der Waals surface area contributed by atoms with Gasteiger partial charge in [-0.05, 0) is 127 Å². The van der Waals surface area contributed by atoms with Crippen molar-refractivity contribution in [3.8, 4) is 17.1 Å². The molecule has 1 aromatic carbocycles. The number of carbonyl (C=O) groups excluding carboxylic acids is 5. The lowest BCUT2D eigenvalue weighted by Gasteiger charge is -2.48. The quantitative estimate of drug-likeness (QED) is 0.133. The van der Waals surface area contributed by atoms with Crippen LogP contribution in [0.25, 0.3) is 22.3 Å². The number of pyridine rings is 3. The number of benzene rings is 1. The molecule has 75 heavy (non-hydrogen) atoms. The highest BCUT2D eigenvalue weighted by atomic mass is 19.1. The number of likely N-dealkylation sites (tertiary alicyclic amines) is 3. The van der Waals surface area contributed by atoms with E-state index in [1.807, 2.05) is 26.5 Å². The molecule has 6 fully saturated rings. The van der Waals surface area contributed by atoms with Crippen LogP contribution in [0.5, 0.6) is 5.88 Å². The Morgan fingerprint density at radius 3 is 2.35 bits per heavy atom. The van der Waals surface area contributed by atoms with Crippen molar-refractivity contribution in [1.29, 1.82) is 0 Å². The number of aromatic nitrogens is 5. The molecule has 9 heterocycles. The molecular formula is C56H65FN12O6. The topological polar surface area (TPSA) is 191 Å². The number of carbonyl (C=O) groups is 5. The predicted octanol–water partition coefficient (Wildman–Crippen LogP) is 7.51. The molecule has 2 N–H and O–H groups in total. The highest BCUT2D eigenvalue weighted by Crippen LogP contribution is 2.52. The van der Waals surface area contributed by atoms with Crippen LogP contribution in [0, 0.1) is 17.7 Å². The fourth-order valence-corrected chi connectivity index (χ4v) is 13.0. The van der Waals surface area contributed by atoms with Crippen molar-refractivity contribution in [2.75, 3.05) is 60.9 Å². The number of nitrogens with zero attached hydrogens (tertiary/aromatic N) is 10. The maximum atomic E-state index is 15.3. The number of amides is 6. The summed E-state index contributed by atoms with van der Waals surface area (Å²) in [7, 11) is 0. The third-order valence-electron chi connectivity index (χ3n) is 17.4. The number of fused-ring (bicyclic) bond motifs is 3. The Balaban J connectivity index is 0.715. The summed E-state index contributed by atoms with van der Waals surface area (Å²) in [6, 6.07) is 13.4. The molecule has 4 aromatic heterocycles. The highest BCUT2D eigenvalue weighted by Gasteiger charge is 2.56. The number of hydrogen-bond acceptors (Lipinski definition) is 12. The third kappa shape index (κ3) is 9.13. The van der Waals surface area contributed by atoms with E-state index in [-0.39, 0.29) is 65.8 Å². The van der Waals surface area contributed by atoms with Gasteiger partial charge in [0.25, 0.3) is 0 Å². The molecular weight excluding hydrogens is 956 g/mol. The Bertz CT molecular complexity index is 3030. The Morgan fingerprint density at radius 1 is 0.827 bits per heavy atom. The van der Waals surface area contributed by atoms with Gasteiger partial charge in [0.1, 0.15) is 11.6 Å². The zero-order valence-corrected chi connectivity index (χ0v) is 42.8. The van der Waals surface area contributed by atoms with Crippen LogP contribution in [-0.2, 0) is 24.6 Å². The van der Waals surface area contributed by atoms with E-state index in [0.29, 0.717) is 112 Å². The number of imidazole rings is 1. The fourth-order valence-electron chi connectivity index (χ4n) is 13.0. The summed E-state index contributed by atoms with van der Waals surface area (Å²) in [4.78, 5) is 95.6. The average Bonchev–Trinajstić information content (AvgIpc) is 4.16. The van der Waals surface area contributed by atoms with Crippen LogP contribution >= 0.6 is 0 Å². The second kappa shape index (κ2) is 19.9. The lowest BCUT2D eigenvalue weighted by Crippen LogP contribution is -2.58. The molecule has 2 aliphatic carbocycles. The summed E-state index contributed by atoms with van der Waals surface area (Å²) < 4.78 is 23.3. The second-order valence-corrected chi connectivity index (χ2v) is 22.1. The van der Waals surface area contributed by atoms with E-state index in [2.05, 4.69) is 56.4 Å². The molecule has 0 bridgehead atoms. The average molecular weight is 1020 g/mol. The van der Waals surface area contributed by atoms with E-state index in [4.69, 9.17) is 14.7 Å². The molecule has 4 saturated heterocycles. The summed E-state index contributed by atoms with van der Waals surface area (Å²) in [5.41, 5.74) is 4.93. The van der Waals surface area contributed by atoms with Crippen LogP contribution in [0.2, 0.25) is 0 Å². The smallest absolute Gasteiger partial charge is 0.328 e. The van der Waals surface area contributed by atoms with E-state index >= 15 is 9.18 Å². The Kier molecular flexibility index (Phi) is 13.0. The van der Waals surface area contributed by atoms with Gasteiger partial charge in [-0.15, -0.1) is 0 Å². The van der Waals surface area contributed by atoms with Gasteiger partial charge in [-0.1, -0.05) is 18.6 Å². The van der Waals surface area contributed by atoms with Crippen LogP contribution in [0.15, 0.2) is 67.4 Å². The Labute approximate surface area is 435 Å². The molecule has 0 unspecified atom stereocenters. The van der Waals surface area contributed by atoms with Crippen LogP contribution < -0.4 is 25.2 Å². The molecule has 1 atom stereocenters. The highest BCUT2D eigenvalue weighted by molar-refractivity contribution is 6.10. The van der Waals surface area contributed by atoms with Crippen LogP contribution in [0.1, 0.15) is 109 Å². The van der Waals surface area contributed by atoms with Gasteiger partial charge in [-0.25, -0.2) is 24.1 Å². The molecule has 19 heteroatoms. The standard InChI is InChI=1S/C56H65FN12O6/c1-34(2)68-33-60-46-29-45(62-51(50(46)68)61-44-14-19-58-31-43(44)57)36-8-12-42-47(26-36)69(40-27-39(28-40)64-20-4-3-5-21-64)54(73)56(42)17-24-65(25-18-56)53(72)37-15-22-66(32-37)52(71)35-6-10-41(11-7-35)75-49-13-9-38(30-59-49)67-23-16-48(70)63-55(67)74/h8-9,12-14,19,26,29-31,33-35,37,39-41H,3-7,10-11,15-18,20-25,27-28,32H2,1-2H3,(H,58,61,62)(H,63,70,74)/t35-,37-,39-,40+,41-/m1/s1. The summed E-state index contributed by atoms with van der Waals surface area (Å²) in [6.45, 7) is 8.50. The zero-order chi connectivity index (χ0) is 51.5. The number of urea groups is 1. The first kappa shape index (κ1) is 48.9. The van der Waals surface area contributed by atoms with Gasteiger partial charge in [-0.2, -0.15) is 0 Å². The SMILES string of the molecule is CC(C)n1cnc2cc(-c3ccc4c(c3)N([C@H]3C[C@@H](N5CCCCC5)C3)C(=O)C43CCN(C(=O)[C@@H]4CCN(C(=O)[C@H]5CC[C@H](Oc6ccc(N7CCC(=O)NC7=O)cn6)CC5)C4)CC3)nc(Nc3ccncc3F)c21. The molecule has 1 spiro atoms.